The summed E-state index contributed by atoms with van der Waals surface area (Å²) in [6.07, 6.45) is 2.76. The number of ether oxygens (including phenoxy) is 2. The maximum atomic E-state index is 10.4. The molecule has 2 rings (SSSR count). The van der Waals surface area contributed by atoms with Crippen molar-refractivity contribution < 1.29 is 29.3 Å². The average molecular weight is 344 g/mol. The minimum Gasteiger partial charge on any atom is -0.482 e. The minimum absolute atomic E-state index is 0.342. The second kappa shape index (κ2) is 9.32. The molecule has 0 fully saturated rings. The number of aryl methyl sites for hydroxylation is 2. The Labute approximate surface area is 145 Å². The summed E-state index contributed by atoms with van der Waals surface area (Å²) in [4.78, 5) is 20.9. The lowest BCUT2D eigenvalue weighted by atomic mass is 10.0. The van der Waals surface area contributed by atoms with Crippen LogP contribution in [0.15, 0.2) is 48.5 Å². The van der Waals surface area contributed by atoms with E-state index in [1.54, 1.807) is 24.3 Å². The molecule has 0 unspecified atom stereocenters. The van der Waals surface area contributed by atoms with Crippen LogP contribution in [0.3, 0.4) is 0 Å². The van der Waals surface area contributed by atoms with Crippen molar-refractivity contribution in [2.24, 2.45) is 0 Å². The molecule has 2 N–H and O–H groups in total. The zero-order valence-corrected chi connectivity index (χ0v) is 13.7. The molecule has 0 aliphatic carbocycles. The van der Waals surface area contributed by atoms with Gasteiger partial charge in [0.1, 0.15) is 11.5 Å². The Morgan fingerprint density at radius 3 is 1.36 bits per heavy atom. The number of hydrogen-bond donors (Lipinski definition) is 2. The highest BCUT2D eigenvalue weighted by molar-refractivity contribution is 5.68. The van der Waals surface area contributed by atoms with E-state index >= 15 is 0 Å². The summed E-state index contributed by atoms with van der Waals surface area (Å²) in [7, 11) is 0. The summed E-state index contributed by atoms with van der Waals surface area (Å²) >= 11 is 0. The molecule has 0 aromatic heterocycles. The summed E-state index contributed by atoms with van der Waals surface area (Å²) in [5.74, 6) is -0.905. The number of carboxylic acid groups (broad SMARTS) is 2. The molecule has 132 valence electrons. The molecule has 0 spiro atoms. The van der Waals surface area contributed by atoms with Gasteiger partial charge in [0.15, 0.2) is 13.2 Å². The molecule has 6 heteroatoms. The molecule has 2 aromatic carbocycles. The number of hydrogen-bond acceptors (Lipinski definition) is 4. The van der Waals surface area contributed by atoms with Crippen LogP contribution in [0.1, 0.15) is 17.5 Å². The molecule has 0 amide bonds. The monoisotopic (exact) mass is 344 g/mol. The van der Waals surface area contributed by atoms with E-state index in [9.17, 15) is 9.59 Å². The third-order valence-corrected chi connectivity index (χ3v) is 3.50. The van der Waals surface area contributed by atoms with Gasteiger partial charge in [0.05, 0.1) is 0 Å². The van der Waals surface area contributed by atoms with Crippen LogP contribution in [0.2, 0.25) is 0 Å². The molecular formula is C19H20O6. The molecule has 0 radical (unpaired) electrons. The van der Waals surface area contributed by atoms with Crippen LogP contribution in [0.25, 0.3) is 0 Å². The van der Waals surface area contributed by atoms with Crippen LogP contribution in [0, 0.1) is 0 Å². The molecule has 0 saturated heterocycles. The second-order valence-electron chi connectivity index (χ2n) is 5.51. The highest BCUT2D eigenvalue weighted by Gasteiger charge is 2.02. The van der Waals surface area contributed by atoms with Gasteiger partial charge in [-0.1, -0.05) is 24.3 Å². The van der Waals surface area contributed by atoms with E-state index in [0.717, 1.165) is 30.4 Å². The summed E-state index contributed by atoms with van der Waals surface area (Å²) in [6.45, 7) is -0.683. The lowest BCUT2D eigenvalue weighted by Gasteiger charge is -2.07. The Morgan fingerprint density at radius 1 is 0.680 bits per heavy atom. The van der Waals surface area contributed by atoms with Crippen molar-refractivity contribution in [2.75, 3.05) is 13.2 Å². The van der Waals surface area contributed by atoms with E-state index < -0.39 is 11.9 Å². The van der Waals surface area contributed by atoms with Crippen LogP contribution >= 0.6 is 0 Å². The van der Waals surface area contributed by atoms with Gasteiger partial charge in [0.25, 0.3) is 0 Å². The molecule has 0 saturated carbocycles. The van der Waals surface area contributed by atoms with Gasteiger partial charge in [-0.3, -0.25) is 0 Å². The number of benzene rings is 2. The molecule has 0 atom stereocenters. The normalized spacial score (nSPS) is 10.2. The number of carbonyl (C=O) groups is 2. The first-order valence-corrected chi connectivity index (χ1v) is 7.90. The van der Waals surface area contributed by atoms with Gasteiger partial charge in [0.2, 0.25) is 0 Å². The molecule has 0 bridgehead atoms. The van der Waals surface area contributed by atoms with E-state index in [2.05, 4.69) is 0 Å². The van der Waals surface area contributed by atoms with Crippen molar-refractivity contribution in [3.05, 3.63) is 59.7 Å². The highest BCUT2D eigenvalue weighted by atomic mass is 16.5. The molecule has 0 heterocycles. The van der Waals surface area contributed by atoms with Crippen molar-refractivity contribution in [3.8, 4) is 11.5 Å². The smallest absolute Gasteiger partial charge is 0.341 e. The highest BCUT2D eigenvalue weighted by Crippen LogP contribution is 2.16. The molecule has 0 aliphatic rings. The first-order valence-electron chi connectivity index (χ1n) is 7.90. The Hall–Kier alpha value is -3.02. The minimum atomic E-state index is -0.997. The maximum Gasteiger partial charge on any atom is 0.341 e. The van der Waals surface area contributed by atoms with E-state index in [4.69, 9.17) is 19.7 Å². The zero-order chi connectivity index (χ0) is 18.1. The lowest BCUT2D eigenvalue weighted by Crippen LogP contribution is -2.09. The number of aliphatic carboxylic acids is 2. The summed E-state index contributed by atoms with van der Waals surface area (Å²) in [5, 5.41) is 17.1. The predicted molar refractivity (Wildman–Crippen MR) is 91.2 cm³/mol. The van der Waals surface area contributed by atoms with E-state index in [1.807, 2.05) is 24.3 Å². The fourth-order valence-electron chi connectivity index (χ4n) is 2.29. The summed E-state index contributed by atoms with van der Waals surface area (Å²) in [5.41, 5.74) is 2.31. The first kappa shape index (κ1) is 18.3. The van der Waals surface area contributed by atoms with E-state index in [0.29, 0.717) is 11.5 Å². The lowest BCUT2D eigenvalue weighted by molar-refractivity contribution is -0.140. The van der Waals surface area contributed by atoms with Crippen LogP contribution in [-0.2, 0) is 22.4 Å². The van der Waals surface area contributed by atoms with Gasteiger partial charge in [-0.15, -0.1) is 0 Å². The van der Waals surface area contributed by atoms with Gasteiger partial charge in [-0.05, 0) is 54.7 Å². The quantitative estimate of drug-likeness (QED) is 0.688. The fraction of sp³-hybridized carbons (Fsp3) is 0.263. The Balaban J connectivity index is 1.74. The maximum absolute atomic E-state index is 10.4. The zero-order valence-electron chi connectivity index (χ0n) is 13.7. The molecule has 2 aromatic rings. The number of rotatable bonds is 10. The van der Waals surface area contributed by atoms with Crippen LogP contribution in [-0.4, -0.2) is 35.4 Å². The Morgan fingerprint density at radius 2 is 1.04 bits per heavy atom. The van der Waals surface area contributed by atoms with Gasteiger partial charge in [-0.25, -0.2) is 9.59 Å². The van der Waals surface area contributed by atoms with Crippen LogP contribution in [0.5, 0.6) is 11.5 Å². The van der Waals surface area contributed by atoms with Gasteiger partial charge >= 0.3 is 11.9 Å². The molecular weight excluding hydrogens is 324 g/mol. The standard InChI is InChI=1S/C19H20O6/c20-18(21)12-24-16-8-4-14(5-9-16)2-1-3-15-6-10-17(11-7-15)25-13-19(22)23/h4-11H,1-3,12-13H2,(H,20,21)(H,22,23). The average Bonchev–Trinajstić information content (AvgIpc) is 2.60. The third kappa shape index (κ3) is 6.95. The van der Waals surface area contributed by atoms with Crippen molar-refractivity contribution in [2.45, 2.75) is 19.3 Å². The largest absolute Gasteiger partial charge is 0.482 e. The van der Waals surface area contributed by atoms with Gasteiger partial charge in [0, 0.05) is 0 Å². The van der Waals surface area contributed by atoms with Crippen LogP contribution < -0.4 is 9.47 Å². The van der Waals surface area contributed by atoms with Crippen molar-refractivity contribution in [1.29, 1.82) is 0 Å². The summed E-state index contributed by atoms with van der Waals surface area (Å²) < 4.78 is 10.2. The van der Waals surface area contributed by atoms with Gasteiger partial charge < -0.3 is 19.7 Å². The number of carboxylic acids is 2. The Bertz CT molecular complexity index is 629. The summed E-state index contributed by atoms with van der Waals surface area (Å²) in [6, 6.07) is 14.8. The Kier molecular flexibility index (Phi) is 6.83. The topological polar surface area (TPSA) is 93.1 Å². The fourth-order valence-corrected chi connectivity index (χ4v) is 2.29. The van der Waals surface area contributed by atoms with Crippen molar-refractivity contribution in [3.63, 3.8) is 0 Å². The SMILES string of the molecule is O=C(O)COc1ccc(CCCc2ccc(OCC(=O)O)cc2)cc1. The van der Waals surface area contributed by atoms with Gasteiger partial charge in [-0.2, -0.15) is 0 Å². The predicted octanol–water partition coefficient (Wildman–Crippen LogP) is 2.79. The van der Waals surface area contributed by atoms with Crippen molar-refractivity contribution >= 4 is 11.9 Å². The first-order chi connectivity index (χ1) is 12.0. The molecule has 0 aliphatic heterocycles. The van der Waals surface area contributed by atoms with E-state index in [-0.39, 0.29) is 13.2 Å². The van der Waals surface area contributed by atoms with E-state index in [1.165, 1.54) is 0 Å². The third-order valence-electron chi connectivity index (χ3n) is 3.50. The second-order valence-corrected chi connectivity index (χ2v) is 5.51. The molecule has 6 nitrogen and oxygen atoms in total. The molecule has 25 heavy (non-hydrogen) atoms. The van der Waals surface area contributed by atoms with Crippen molar-refractivity contribution in [1.82, 2.24) is 0 Å². The van der Waals surface area contributed by atoms with Crippen LogP contribution in [0.4, 0.5) is 0 Å².